The number of methoxy groups -OCH3 is 2. The first-order valence-electron chi connectivity index (χ1n) is 10.4. The van der Waals surface area contributed by atoms with E-state index in [0.717, 1.165) is 0 Å². The van der Waals surface area contributed by atoms with Crippen LogP contribution < -0.4 is 10.1 Å². The largest absolute Gasteiger partial charge is 0.497 e. The van der Waals surface area contributed by atoms with Gasteiger partial charge in [-0.25, -0.2) is 4.98 Å². The topological polar surface area (TPSA) is 101 Å². The van der Waals surface area contributed by atoms with Crippen molar-refractivity contribution in [1.29, 1.82) is 0 Å². The predicted molar refractivity (Wildman–Crippen MR) is 123 cm³/mol. The van der Waals surface area contributed by atoms with Gasteiger partial charge >= 0.3 is 0 Å². The minimum Gasteiger partial charge on any atom is -0.497 e. The molecule has 0 radical (unpaired) electrons. The molecule has 0 spiro atoms. The predicted octanol–water partition coefficient (Wildman–Crippen LogP) is 2.29. The van der Waals surface area contributed by atoms with E-state index in [9.17, 15) is 14.4 Å². The zero-order valence-corrected chi connectivity index (χ0v) is 19.7. The van der Waals surface area contributed by atoms with Gasteiger partial charge in [0.1, 0.15) is 12.3 Å². The summed E-state index contributed by atoms with van der Waals surface area (Å²) in [6, 6.07) is 6.69. The number of hydrogen-bond acceptors (Lipinski definition) is 7. The van der Waals surface area contributed by atoms with Gasteiger partial charge in [-0.2, -0.15) is 0 Å². The molecular formula is C22H30N4O5S. The number of nitrogens with zero attached hydrogens (tertiary/aromatic N) is 3. The number of aromatic nitrogens is 1. The third-order valence-electron chi connectivity index (χ3n) is 4.77. The highest BCUT2D eigenvalue weighted by molar-refractivity contribution is 7.13. The number of likely N-dealkylation sites (N-methyl/N-ethyl adjacent to an activating group) is 1. The van der Waals surface area contributed by atoms with Crippen LogP contribution >= 0.6 is 11.3 Å². The molecule has 0 saturated heterocycles. The number of rotatable bonds is 12. The number of amides is 3. The quantitative estimate of drug-likeness (QED) is 0.519. The molecule has 0 fully saturated rings. The van der Waals surface area contributed by atoms with Crippen LogP contribution in [-0.2, 0) is 20.7 Å². The van der Waals surface area contributed by atoms with Crippen molar-refractivity contribution < 1.29 is 23.9 Å². The molecule has 1 aromatic carbocycles. The van der Waals surface area contributed by atoms with E-state index in [4.69, 9.17) is 9.47 Å². The number of benzene rings is 1. The van der Waals surface area contributed by atoms with E-state index in [-0.39, 0.29) is 37.2 Å². The van der Waals surface area contributed by atoms with Crippen LogP contribution in [-0.4, -0.2) is 79.5 Å². The molecule has 174 valence electrons. The van der Waals surface area contributed by atoms with Gasteiger partial charge in [0.25, 0.3) is 5.91 Å². The first-order chi connectivity index (χ1) is 15.4. The molecule has 10 heteroatoms. The molecular weight excluding hydrogens is 432 g/mol. The second kappa shape index (κ2) is 12.8. The van der Waals surface area contributed by atoms with E-state index in [2.05, 4.69) is 10.3 Å². The molecule has 2 aromatic rings. The number of carbonyl (C=O) groups is 3. The van der Waals surface area contributed by atoms with E-state index < -0.39 is 0 Å². The van der Waals surface area contributed by atoms with Crippen LogP contribution in [0.1, 0.15) is 29.9 Å². The fourth-order valence-corrected chi connectivity index (χ4v) is 3.72. The third kappa shape index (κ3) is 7.31. The standard InChI is InChI=1S/C22H30N4O5S/c1-5-25(6-2)20(28)13-17-15-32-22(23-17)24-19(27)14-26(11-12-30-3)21(29)16-7-9-18(31-4)10-8-16/h7-10,15H,5-6,11-14H2,1-4H3,(H,23,24,27). The van der Waals surface area contributed by atoms with Crippen LogP contribution in [0, 0.1) is 0 Å². The Balaban J connectivity index is 2.00. The molecule has 9 nitrogen and oxygen atoms in total. The fourth-order valence-electron chi connectivity index (χ4n) is 2.99. The Morgan fingerprint density at radius 3 is 2.34 bits per heavy atom. The molecule has 0 aliphatic carbocycles. The summed E-state index contributed by atoms with van der Waals surface area (Å²) in [7, 11) is 3.09. The zero-order chi connectivity index (χ0) is 23.5. The highest BCUT2D eigenvalue weighted by Crippen LogP contribution is 2.17. The molecule has 1 N–H and O–H groups in total. The van der Waals surface area contributed by atoms with Crippen LogP contribution in [0.4, 0.5) is 5.13 Å². The van der Waals surface area contributed by atoms with Crippen LogP contribution in [0.25, 0.3) is 0 Å². The maximum absolute atomic E-state index is 12.9. The SMILES string of the molecule is CCN(CC)C(=O)Cc1csc(NC(=O)CN(CCOC)C(=O)c2ccc(OC)cc2)n1. The second-order valence-corrected chi connectivity index (χ2v) is 7.74. The molecule has 0 bridgehead atoms. The zero-order valence-electron chi connectivity index (χ0n) is 18.9. The normalized spacial score (nSPS) is 10.5. The van der Waals surface area contributed by atoms with Crippen molar-refractivity contribution in [2.24, 2.45) is 0 Å². The first-order valence-corrected chi connectivity index (χ1v) is 11.2. The Morgan fingerprint density at radius 1 is 1.06 bits per heavy atom. The van der Waals surface area contributed by atoms with Crippen molar-refractivity contribution in [2.75, 3.05) is 52.3 Å². The summed E-state index contributed by atoms with van der Waals surface area (Å²) < 4.78 is 10.2. The molecule has 32 heavy (non-hydrogen) atoms. The van der Waals surface area contributed by atoms with Crippen LogP contribution in [0.5, 0.6) is 5.75 Å². The molecule has 1 heterocycles. The second-order valence-electron chi connectivity index (χ2n) is 6.88. The monoisotopic (exact) mass is 462 g/mol. The summed E-state index contributed by atoms with van der Waals surface area (Å²) in [5, 5.41) is 4.86. The van der Waals surface area contributed by atoms with E-state index in [0.29, 0.717) is 41.8 Å². The highest BCUT2D eigenvalue weighted by Gasteiger charge is 2.20. The van der Waals surface area contributed by atoms with Crippen LogP contribution in [0.3, 0.4) is 0 Å². The number of thiazole rings is 1. The Labute approximate surface area is 192 Å². The lowest BCUT2D eigenvalue weighted by Crippen LogP contribution is -2.40. The lowest BCUT2D eigenvalue weighted by molar-refractivity contribution is -0.130. The van der Waals surface area contributed by atoms with Gasteiger partial charge < -0.3 is 24.6 Å². The summed E-state index contributed by atoms with van der Waals surface area (Å²) in [6.07, 6.45) is 0.184. The van der Waals surface area contributed by atoms with Gasteiger partial charge in [-0.3, -0.25) is 14.4 Å². The van der Waals surface area contributed by atoms with Gasteiger partial charge in [-0.15, -0.1) is 11.3 Å². The Morgan fingerprint density at radius 2 is 1.75 bits per heavy atom. The summed E-state index contributed by atoms with van der Waals surface area (Å²) in [5.41, 5.74) is 1.05. The summed E-state index contributed by atoms with van der Waals surface area (Å²) in [4.78, 5) is 45.2. The number of anilines is 1. The molecule has 3 amide bonds. The van der Waals surface area contributed by atoms with E-state index in [1.807, 2.05) is 13.8 Å². The maximum atomic E-state index is 12.9. The van der Waals surface area contributed by atoms with Crippen molar-refractivity contribution in [3.8, 4) is 5.75 Å². The van der Waals surface area contributed by atoms with Crippen molar-refractivity contribution >= 4 is 34.2 Å². The Kier molecular flexibility index (Phi) is 10.1. The van der Waals surface area contributed by atoms with E-state index in [1.165, 1.54) is 23.3 Å². The van der Waals surface area contributed by atoms with Crippen LogP contribution in [0.2, 0.25) is 0 Å². The molecule has 0 aliphatic heterocycles. The maximum Gasteiger partial charge on any atom is 0.254 e. The first kappa shape index (κ1) is 25.3. The Bertz CT molecular complexity index is 896. The van der Waals surface area contributed by atoms with Crippen molar-refractivity contribution in [3.05, 3.63) is 40.9 Å². The minimum absolute atomic E-state index is 0.00555. The number of carbonyl (C=O) groups excluding carboxylic acids is 3. The molecule has 0 saturated carbocycles. The lowest BCUT2D eigenvalue weighted by Gasteiger charge is -2.21. The molecule has 0 atom stereocenters. The number of hydrogen-bond donors (Lipinski definition) is 1. The molecule has 0 aliphatic rings. The minimum atomic E-state index is -0.376. The van der Waals surface area contributed by atoms with Gasteiger partial charge in [0, 0.05) is 37.7 Å². The van der Waals surface area contributed by atoms with Crippen LogP contribution in [0.15, 0.2) is 29.6 Å². The summed E-state index contributed by atoms with van der Waals surface area (Å²) in [5.74, 6) is -0.0285. The van der Waals surface area contributed by atoms with Gasteiger partial charge in [-0.1, -0.05) is 0 Å². The Hall–Kier alpha value is -2.98. The van der Waals surface area contributed by atoms with E-state index >= 15 is 0 Å². The fraction of sp³-hybridized carbons (Fsp3) is 0.455. The van der Waals surface area contributed by atoms with Gasteiger partial charge in [-0.05, 0) is 38.1 Å². The number of nitrogens with one attached hydrogen (secondary N) is 1. The van der Waals surface area contributed by atoms with Crippen molar-refractivity contribution in [3.63, 3.8) is 0 Å². The molecule has 2 rings (SSSR count). The van der Waals surface area contributed by atoms with Crippen molar-refractivity contribution in [2.45, 2.75) is 20.3 Å². The van der Waals surface area contributed by atoms with Gasteiger partial charge in [0.2, 0.25) is 11.8 Å². The lowest BCUT2D eigenvalue weighted by atomic mass is 10.2. The third-order valence-corrected chi connectivity index (χ3v) is 5.58. The molecule has 1 aromatic heterocycles. The average molecular weight is 463 g/mol. The molecule has 0 unspecified atom stereocenters. The highest BCUT2D eigenvalue weighted by atomic mass is 32.1. The summed E-state index contributed by atoms with van der Waals surface area (Å²) in [6.45, 7) is 5.54. The van der Waals surface area contributed by atoms with Crippen molar-refractivity contribution in [1.82, 2.24) is 14.8 Å². The van der Waals surface area contributed by atoms with E-state index in [1.54, 1.807) is 41.7 Å². The van der Waals surface area contributed by atoms with Gasteiger partial charge in [0.05, 0.1) is 25.8 Å². The van der Waals surface area contributed by atoms with Gasteiger partial charge in [0.15, 0.2) is 5.13 Å². The average Bonchev–Trinajstić information content (AvgIpc) is 3.23. The smallest absolute Gasteiger partial charge is 0.254 e. The summed E-state index contributed by atoms with van der Waals surface area (Å²) >= 11 is 1.24. The number of ether oxygens (including phenoxy) is 2.